The van der Waals surface area contributed by atoms with Crippen molar-refractivity contribution in [2.24, 2.45) is 34.0 Å². The van der Waals surface area contributed by atoms with Gasteiger partial charge in [0.1, 0.15) is 0 Å². The lowest BCUT2D eigenvalue weighted by Gasteiger charge is -2.63. The van der Waals surface area contributed by atoms with Crippen molar-refractivity contribution >= 4 is 5.97 Å². The van der Waals surface area contributed by atoms with Crippen LogP contribution in [0.5, 0.6) is 0 Å². The first kappa shape index (κ1) is 19.4. The number of ether oxygens (including phenoxy) is 3. The van der Waals surface area contributed by atoms with Gasteiger partial charge in [-0.2, -0.15) is 0 Å². The molecule has 0 radical (unpaired) electrons. The van der Waals surface area contributed by atoms with E-state index in [2.05, 4.69) is 27.7 Å². The van der Waals surface area contributed by atoms with Crippen LogP contribution in [-0.2, 0) is 19.0 Å². The van der Waals surface area contributed by atoms with Crippen molar-refractivity contribution in [1.29, 1.82) is 0 Å². The molecule has 5 fully saturated rings. The second-order valence-corrected chi connectivity index (χ2v) is 11.8. The minimum absolute atomic E-state index is 0.0187. The summed E-state index contributed by atoms with van der Waals surface area (Å²) < 4.78 is 18.0. The van der Waals surface area contributed by atoms with E-state index in [9.17, 15) is 4.79 Å². The quantitative estimate of drug-likeness (QED) is 0.585. The molecule has 1 aliphatic heterocycles. The number of rotatable bonds is 1. The maximum atomic E-state index is 12.8. The zero-order valence-corrected chi connectivity index (χ0v) is 18.4. The lowest BCUT2D eigenvalue weighted by molar-refractivity contribution is -0.185. The van der Waals surface area contributed by atoms with Crippen LogP contribution in [0.25, 0.3) is 0 Å². The Morgan fingerprint density at radius 2 is 1.79 bits per heavy atom. The first-order valence-corrected chi connectivity index (χ1v) is 11.5. The highest BCUT2D eigenvalue weighted by Gasteiger charge is 2.70. The third kappa shape index (κ3) is 2.34. The summed E-state index contributed by atoms with van der Waals surface area (Å²) in [6.45, 7) is 9.61. The molecule has 0 aromatic heterocycles. The highest BCUT2D eigenvalue weighted by molar-refractivity contribution is 5.77. The molecule has 1 saturated heterocycles. The summed E-state index contributed by atoms with van der Waals surface area (Å²) in [6, 6.07) is 0. The minimum atomic E-state index is -0.445. The van der Waals surface area contributed by atoms with Gasteiger partial charge in [-0.3, -0.25) is 4.79 Å². The second-order valence-electron chi connectivity index (χ2n) is 11.8. The summed E-state index contributed by atoms with van der Waals surface area (Å²) in [5.74, 6) is 1.36. The van der Waals surface area contributed by atoms with E-state index in [1.807, 2.05) is 0 Å². The highest BCUT2D eigenvalue weighted by atomic mass is 16.8. The van der Waals surface area contributed by atoms with Crippen LogP contribution in [-0.4, -0.2) is 31.1 Å². The molecule has 5 aliphatic rings. The van der Waals surface area contributed by atoms with Crippen molar-refractivity contribution in [2.75, 3.05) is 13.7 Å². The lowest BCUT2D eigenvalue weighted by atomic mass is 9.41. The first-order valence-electron chi connectivity index (χ1n) is 11.5. The Morgan fingerprint density at radius 1 is 1.00 bits per heavy atom. The van der Waals surface area contributed by atoms with Crippen LogP contribution in [0, 0.1) is 34.0 Å². The summed E-state index contributed by atoms with van der Waals surface area (Å²) in [5, 5.41) is 0. The van der Waals surface area contributed by atoms with Gasteiger partial charge in [-0.1, -0.05) is 13.3 Å². The van der Waals surface area contributed by atoms with Gasteiger partial charge >= 0.3 is 5.97 Å². The van der Waals surface area contributed by atoms with Gasteiger partial charge < -0.3 is 14.2 Å². The van der Waals surface area contributed by atoms with Gasteiger partial charge in [0.15, 0.2) is 5.79 Å². The van der Waals surface area contributed by atoms with E-state index < -0.39 is 5.79 Å². The van der Waals surface area contributed by atoms with Crippen LogP contribution < -0.4 is 0 Å². The van der Waals surface area contributed by atoms with E-state index in [1.165, 1.54) is 32.1 Å². The fourth-order valence-electron chi connectivity index (χ4n) is 9.21. The van der Waals surface area contributed by atoms with Gasteiger partial charge in [-0.15, -0.1) is 0 Å². The average Bonchev–Trinajstić information content (AvgIpc) is 3.06. The molecule has 5 rings (SSSR count). The average molecular weight is 391 g/mol. The molecule has 4 heteroatoms. The number of carbonyl (C=O) groups is 1. The monoisotopic (exact) mass is 390 g/mol. The van der Waals surface area contributed by atoms with Crippen molar-refractivity contribution in [3.05, 3.63) is 0 Å². The molecule has 2 spiro atoms. The summed E-state index contributed by atoms with van der Waals surface area (Å²) in [4.78, 5) is 12.8. The summed E-state index contributed by atoms with van der Waals surface area (Å²) in [6.07, 6.45) is 10.8. The molecule has 0 unspecified atom stereocenters. The minimum Gasteiger partial charge on any atom is -0.469 e. The Bertz CT molecular complexity index is 688. The SMILES string of the molecule is COC(=O)[C@]1(C)CCC[C@@]2(C)[C@H]3CC[C@@H]4C[C@@]3(CC[C@@H]21)C[C@]41COC(C)(C)O1. The predicted octanol–water partition coefficient (Wildman–Crippen LogP) is 5.09. The van der Waals surface area contributed by atoms with Gasteiger partial charge in [0.25, 0.3) is 0 Å². The number of esters is 1. The van der Waals surface area contributed by atoms with Gasteiger partial charge in [0.2, 0.25) is 0 Å². The van der Waals surface area contributed by atoms with Crippen LogP contribution in [0.2, 0.25) is 0 Å². The number of fused-ring (bicyclic) bond motifs is 4. The number of methoxy groups -OCH3 is 1. The normalized spacial score (nSPS) is 54.2. The summed E-state index contributed by atoms with van der Waals surface area (Å²) >= 11 is 0. The Hall–Kier alpha value is -0.610. The Kier molecular flexibility index (Phi) is 3.98. The van der Waals surface area contributed by atoms with Crippen LogP contribution in [0.1, 0.15) is 85.5 Å². The molecule has 4 aliphatic carbocycles. The van der Waals surface area contributed by atoms with Crippen molar-refractivity contribution in [3.63, 3.8) is 0 Å². The van der Waals surface area contributed by atoms with E-state index in [0.29, 0.717) is 23.2 Å². The molecule has 28 heavy (non-hydrogen) atoms. The Morgan fingerprint density at radius 3 is 2.46 bits per heavy atom. The lowest BCUT2D eigenvalue weighted by Crippen LogP contribution is -2.58. The molecule has 0 amide bonds. The van der Waals surface area contributed by atoms with Gasteiger partial charge in [0.05, 0.1) is 24.7 Å². The van der Waals surface area contributed by atoms with Crippen molar-refractivity contribution in [3.8, 4) is 0 Å². The molecular weight excluding hydrogens is 352 g/mol. The highest BCUT2D eigenvalue weighted by Crippen LogP contribution is 2.74. The van der Waals surface area contributed by atoms with E-state index in [-0.39, 0.29) is 22.4 Å². The molecule has 4 nitrogen and oxygen atoms in total. The van der Waals surface area contributed by atoms with Crippen LogP contribution in [0.15, 0.2) is 0 Å². The number of hydrogen-bond acceptors (Lipinski definition) is 4. The van der Waals surface area contributed by atoms with Crippen LogP contribution >= 0.6 is 0 Å². The van der Waals surface area contributed by atoms with Gasteiger partial charge in [-0.05, 0) is 101 Å². The van der Waals surface area contributed by atoms with Crippen molar-refractivity contribution < 1.29 is 19.0 Å². The predicted molar refractivity (Wildman–Crippen MR) is 107 cm³/mol. The standard InChI is InChI=1S/C24H38O4/c1-20(2)27-15-24(28-20)14-23-12-9-17-21(3,18(23)8-7-16(24)13-23)10-6-11-22(17,4)19(25)26-5/h16-18H,6-15H2,1-5H3/t16-,17+,18-,21-,22-,23+,24+/m1/s1. The summed E-state index contributed by atoms with van der Waals surface area (Å²) in [7, 11) is 1.56. The molecular formula is C24H38O4. The zero-order valence-electron chi connectivity index (χ0n) is 18.4. The van der Waals surface area contributed by atoms with E-state index in [4.69, 9.17) is 14.2 Å². The number of hydrogen-bond donors (Lipinski definition) is 0. The maximum Gasteiger partial charge on any atom is 0.311 e. The maximum absolute atomic E-state index is 12.8. The second kappa shape index (κ2) is 5.75. The third-order valence-electron chi connectivity index (χ3n) is 10.1. The molecule has 0 aromatic rings. The van der Waals surface area contributed by atoms with Crippen LogP contribution in [0.3, 0.4) is 0 Å². The largest absolute Gasteiger partial charge is 0.469 e. The molecule has 0 aromatic carbocycles. The van der Waals surface area contributed by atoms with Crippen molar-refractivity contribution in [1.82, 2.24) is 0 Å². The fraction of sp³-hybridized carbons (Fsp3) is 0.958. The Labute approximate surface area is 170 Å². The van der Waals surface area contributed by atoms with E-state index in [1.54, 1.807) is 7.11 Å². The topological polar surface area (TPSA) is 44.8 Å². The zero-order chi connectivity index (χ0) is 20.0. The smallest absolute Gasteiger partial charge is 0.311 e. The molecule has 7 atom stereocenters. The Balaban J connectivity index is 1.49. The molecule has 158 valence electrons. The molecule has 1 heterocycles. The first-order chi connectivity index (χ1) is 13.1. The molecule has 2 bridgehead atoms. The molecule has 0 N–H and O–H groups in total. The van der Waals surface area contributed by atoms with E-state index >= 15 is 0 Å². The molecule has 4 saturated carbocycles. The van der Waals surface area contributed by atoms with E-state index in [0.717, 1.165) is 32.3 Å². The van der Waals surface area contributed by atoms with Gasteiger partial charge in [-0.25, -0.2) is 0 Å². The summed E-state index contributed by atoms with van der Waals surface area (Å²) in [5.41, 5.74) is 0.241. The number of carbonyl (C=O) groups excluding carboxylic acids is 1. The van der Waals surface area contributed by atoms with Crippen molar-refractivity contribution in [2.45, 2.75) is 96.9 Å². The fourth-order valence-corrected chi connectivity index (χ4v) is 9.21. The van der Waals surface area contributed by atoms with Crippen LogP contribution in [0.4, 0.5) is 0 Å². The third-order valence-corrected chi connectivity index (χ3v) is 10.1. The van der Waals surface area contributed by atoms with Gasteiger partial charge in [0, 0.05) is 0 Å².